The lowest BCUT2D eigenvalue weighted by atomic mass is 10.0. The summed E-state index contributed by atoms with van der Waals surface area (Å²) in [6.07, 6.45) is 4.33. The lowest BCUT2D eigenvalue weighted by Crippen LogP contribution is -2.40. The number of fused-ring (bicyclic) bond motifs is 1. The molecule has 1 aromatic carbocycles. The van der Waals surface area contributed by atoms with Gasteiger partial charge in [0.25, 0.3) is 0 Å². The van der Waals surface area contributed by atoms with Crippen LogP contribution in [0.1, 0.15) is 24.8 Å². The standard InChI is InChI=1S/C12H14O2/c1-2-6-11-10(5-1)9-12(14-11)7-3-4-8-13-12/h1-2,5-6H,3-4,7-9H2/t12-/m0/s1. The molecule has 0 aromatic heterocycles. The van der Waals surface area contributed by atoms with E-state index >= 15 is 0 Å². The first-order valence-electron chi connectivity index (χ1n) is 5.29. The van der Waals surface area contributed by atoms with Crippen LogP contribution in [0, 0.1) is 0 Å². The highest BCUT2D eigenvalue weighted by molar-refractivity contribution is 5.38. The number of hydrogen-bond acceptors (Lipinski definition) is 2. The van der Waals surface area contributed by atoms with Gasteiger partial charge in [-0.1, -0.05) is 18.2 Å². The van der Waals surface area contributed by atoms with Gasteiger partial charge in [-0.05, 0) is 18.9 Å². The molecule has 2 nitrogen and oxygen atoms in total. The predicted molar refractivity (Wildman–Crippen MR) is 53.3 cm³/mol. The van der Waals surface area contributed by atoms with Gasteiger partial charge in [0.1, 0.15) is 5.75 Å². The van der Waals surface area contributed by atoms with Crippen molar-refractivity contribution in [3.63, 3.8) is 0 Å². The summed E-state index contributed by atoms with van der Waals surface area (Å²) in [5.74, 6) is 0.691. The lowest BCUT2D eigenvalue weighted by Gasteiger charge is -2.32. The van der Waals surface area contributed by atoms with Gasteiger partial charge in [-0.15, -0.1) is 0 Å². The second-order valence-electron chi connectivity index (χ2n) is 4.10. The van der Waals surface area contributed by atoms with Crippen molar-refractivity contribution >= 4 is 0 Å². The Morgan fingerprint density at radius 1 is 1.14 bits per heavy atom. The number of rotatable bonds is 0. The van der Waals surface area contributed by atoms with Gasteiger partial charge in [0.2, 0.25) is 5.79 Å². The van der Waals surface area contributed by atoms with Crippen LogP contribution in [0.5, 0.6) is 5.75 Å². The van der Waals surface area contributed by atoms with E-state index in [1.165, 1.54) is 18.4 Å². The zero-order chi connectivity index (χ0) is 9.43. The molecule has 0 bridgehead atoms. The zero-order valence-electron chi connectivity index (χ0n) is 8.16. The molecule has 2 heteroatoms. The molecule has 0 amide bonds. The van der Waals surface area contributed by atoms with Crippen LogP contribution in [0.2, 0.25) is 0 Å². The minimum atomic E-state index is -0.318. The second kappa shape index (κ2) is 2.99. The van der Waals surface area contributed by atoms with Gasteiger partial charge in [0.05, 0.1) is 6.61 Å². The van der Waals surface area contributed by atoms with Gasteiger partial charge >= 0.3 is 0 Å². The molecule has 2 aliphatic heterocycles. The molecule has 0 saturated carbocycles. The molecule has 3 rings (SSSR count). The van der Waals surface area contributed by atoms with Crippen molar-refractivity contribution in [3.05, 3.63) is 29.8 Å². The molecule has 2 heterocycles. The van der Waals surface area contributed by atoms with Crippen LogP contribution >= 0.6 is 0 Å². The molecule has 14 heavy (non-hydrogen) atoms. The van der Waals surface area contributed by atoms with Gasteiger partial charge in [0.15, 0.2) is 0 Å². The number of ether oxygens (including phenoxy) is 2. The Bertz CT molecular complexity index is 313. The van der Waals surface area contributed by atoms with E-state index in [0.717, 1.165) is 25.2 Å². The van der Waals surface area contributed by atoms with Crippen molar-refractivity contribution in [2.45, 2.75) is 31.5 Å². The van der Waals surface area contributed by atoms with Gasteiger partial charge < -0.3 is 9.47 Å². The van der Waals surface area contributed by atoms with Gasteiger partial charge in [-0.2, -0.15) is 0 Å². The molecule has 74 valence electrons. The van der Waals surface area contributed by atoms with Crippen molar-refractivity contribution < 1.29 is 9.47 Å². The van der Waals surface area contributed by atoms with Crippen molar-refractivity contribution in [2.75, 3.05) is 6.61 Å². The SMILES string of the molecule is c1ccc2c(c1)C[C@]1(CCCCO1)O2. The summed E-state index contributed by atoms with van der Waals surface area (Å²) in [5, 5.41) is 0. The molecule has 1 spiro atoms. The van der Waals surface area contributed by atoms with Gasteiger partial charge in [-0.25, -0.2) is 0 Å². The van der Waals surface area contributed by atoms with E-state index in [2.05, 4.69) is 12.1 Å². The molecular weight excluding hydrogens is 176 g/mol. The third-order valence-corrected chi connectivity index (χ3v) is 3.05. The normalized spacial score (nSPS) is 30.0. The Balaban J connectivity index is 1.89. The quantitative estimate of drug-likeness (QED) is 0.625. The zero-order valence-corrected chi connectivity index (χ0v) is 8.16. The highest BCUT2D eigenvalue weighted by Gasteiger charge is 2.41. The van der Waals surface area contributed by atoms with E-state index in [1.807, 2.05) is 12.1 Å². The maximum absolute atomic E-state index is 5.91. The summed E-state index contributed by atoms with van der Waals surface area (Å²) in [6, 6.07) is 8.23. The summed E-state index contributed by atoms with van der Waals surface area (Å²) in [4.78, 5) is 0. The van der Waals surface area contributed by atoms with Crippen molar-refractivity contribution in [1.82, 2.24) is 0 Å². The topological polar surface area (TPSA) is 18.5 Å². The average Bonchev–Trinajstić information content (AvgIpc) is 2.56. The van der Waals surface area contributed by atoms with E-state index in [0.29, 0.717) is 0 Å². The van der Waals surface area contributed by atoms with Crippen LogP contribution in [0.15, 0.2) is 24.3 Å². The van der Waals surface area contributed by atoms with E-state index in [1.54, 1.807) is 0 Å². The van der Waals surface area contributed by atoms with Crippen LogP contribution in [-0.2, 0) is 11.2 Å². The summed E-state index contributed by atoms with van der Waals surface area (Å²) in [7, 11) is 0. The first kappa shape index (κ1) is 8.30. The van der Waals surface area contributed by atoms with E-state index in [-0.39, 0.29) is 5.79 Å². The fourth-order valence-electron chi connectivity index (χ4n) is 2.32. The Kier molecular flexibility index (Phi) is 1.77. The highest BCUT2D eigenvalue weighted by atomic mass is 16.7. The fourth-order valence-corrected chi connectivity index (χ4v) is 2.32. The molecule has 0 radical (unpaired) electrons. The van der Waals surface area contributed by atoms with Crippen molar-refractivity contribution in [2.24, 2.45) is 0 Å². The minimum Gasteiger partial charge on any atom is -0.462 e. The molecule has 1 fully saturated rings. The molecular formula is C12H14O2. The largest absolute Gasteiger partial charge is 0.462 e. The maximum Gasteiger partial charge on any atom is 0.214 e. The Morgan fingerprint density at radius 2 is 2.07 bits per heavy atom. The molecule has 1 atom stereocenters. The van der Waals surface area contributed by atoms with E-state index < -0.39 is 0 Å². The number of hydrogen-bond donors (Lipinski definition) is 0. The number of benzene rings is 1. The smallest absolute Gasteiger partial charge is 0.214 e. The third kappa shape index (κ3) is 1.22. The van der Waals surface area contributed by atoms with Crippen LogP contribution in [0.3, 0.4) is 0 Å². The lowest BCUT2D eigenvalue weighted by molar-refractivity contribution is -0.192. The Labute approximate surface area is 83.8 Å². The van der Waals surface area contributed by atoms with Crippen LogP contribution in [0.25, 0.3) is 0 Å². The maximum atomic E-state index is 5.91. The highest BCUT2D eigenvalue weighted by Crippen LogP contribution is 2.40. The predicted octanol–water partition coefficient (Wildman–Crippen LogP) is 2.52. The third-order valence-electron chi connectivity index (χ3n) is 3.05. The Morgan fingerprint density at radius 3 is 2.86 bits per heavy atom. The first-order valence-corrected chi connectivity index (χ1v) is 5.29. The Hall–Kier alpha value is -1.02. The van der Waals surface area contributed by atoms with Crippen LogP contribution in [-0.4, -0.2) is 12.4 Å². The number of para-hydroxylation sites is 1. The summed E-state index contributed by atoms with van der Waals surface area (Å²) in [6.45, 7) is 0.841. The molecule has 0 N–H and O–H groups in total. The summed E-state index contributed by atoms with van der Waals surface area (Å²) >= 11 is 0. The van der Waals surface area contributed by atoms with E-state index in [4.69, 9.17) is 9.47 Å². The molecule has 2 aliphatic rings. The van der Waals surface area contributed by atoms with Gasteiger partial charge in [-0.3, -0.25) is 0 Å². The molecule has 0 unspecified atom stereocenters. The molecule has 0 aliphatic carbocycles. The van der Waals surface area contributed by atoms with E-state index in [9.17, 15) is 0 Å². The monoisotopic (exact) mass is 190 g/mol. The summed E-state index contributed by atoms with van der Waals surface area (Å²) < 4.78 is 11.7. The fraction of sp³-hybridized carbons (Fsp3) is 0.500. The average molecular weight is 190 g/mol. The van der Waals surface area contributed by atoms with Crippen LogP contribution in [0.4, 0.5) is 0 Å². The second-order valence-corrected chi connectivity index (χ2v) is 4.10. The van der Waals surface area contributed by atoms with Crippen molar-refractivity contribution in [1.29, 1.82) is 0 Å². The summed E-state index contributed by atoms with van der Waals surface area (Å²) in [5.41, 5.74) is 1.29. The molecule has 1 aromatic rings. The molecule has 1 saturated heterocycles. The van der Waals surface area contributed by atoms with Crippen LogP contribution < -0.4 is 4.74 Å². The van der Waals surface area contributed by atoms with Gasteiger partial charge in [0, 0.05) is 18.4 Å². The first-order chi connectivity index (χ1) is 6.88. The minimum absolute atomic E-state index is 0.318. The van der Waals surface area contributed by atoms with Crippen molar-refractivity contribution in [3.8, 4) is 5.75 Å².